The van der Waals surface area contributed by atoms with E-state index in [4.69, 9.17) is 9.72 Å². The van der Waals surface area contributed by atoms with E-state index in [1.807, 2.05) is 37.3 Å². The topological polar surface area (TPSA) is 76.4 Å². The maximum Gasteiger partial charge on any atom is 0.254 e. The number of ether oxygens (including phenoxy) is 1. The number of imidazole rings is 1. The second-order valence-electron chi connectivity index (χ2n) is 14.2. The normalized spacial score (nSPS) is 15.9. The molecule has 0 spiro atoms. The number of likely N-dealkylation sites (tertiary alicyclic amines) is 1. The minimum atomic E-state index is 0.0324. The van der Waals surface area contributed by atoms with Gasteiger partial charge in [-0.2, -0.15) is 0 Å². The van der Waals surface area contributed by atoms with Crippen LogP contribution in [-0.2, 0) is 6.54 Å². The summed E-state index contributed by atoms with van der Waals surface area (Å²) >= 11 is 0. The number of carbonyl (C=O) groups is 1. The molecule has 7 rings (SSSR count). The number of rotatable bonds is 12. The van der Waals surface area contributed by atoms with Gasteiger partial charge in [-0.05, 0) is 94.6 Å². The van der Waals surface area contributed by atoms with Gasteiger partial charge in [-0.1, -0.05) is 73.4 Å². The summed E-state index contributed by atoms with van der Waals surface area (Å²) in [4.78, 5) is 32.9. The van der Waals surface area contributed by atoms with Crippen LogP contribution in [0.4, 0.5) is 0 Å². The van der Waals surface area contributed by atoms with E-state index in [2.05, 4.69) is 85.9 Å². The Morgan fingerprint density at radius 2 is 1.71 bits per heavy atom. The number of hydrogen-bond donors (Lipinski definition) is 0. The molecular weight excluding hydrogens is 645 g/mol. The zero-order valence-electron chi connectivity index (χ0n) is 30.8. The van der Waals surface area contributed by atoms with Crippen molar-refractivity contribution in [3.8, 4) is 5.75 Å². The van der Waals surface area contributed by atoms with Gasteiger partial charge in [0, 0.05) is 42.0 Å². The number of nitrogens with zero attached hydrogens (tertiary/aromatic N) is 6. The summed E-state index contributed by atoms with van der Waals surface area (Å²) in [5, 5.41) is 0. The molecule has 1 amide bonds. The summed E-state index contributed by atoms with van der Waals surface area (Å²) in [5.74, 6) is 1.64. The molecule has 8 nitrogen and oxygen atoms in total. The monoisotopic (exact) mass is 694 g/mol. The molecule has 1 saturated heterocycles. The van der Waals surface area contributed by atoms with E-state index >= 15 is 0 Å². The molecule has 268 valence electrons. The van der Waals surface area contributed by atoms with Crippen molar-refractivity contribution in [1.82, 2.24) is 29.3 Å². The van der Waals surface area contributed by atoms with Crippen LogP contribution in [-0.4, -0.2) is 74.6 Å². The summed E-state index contributed by atoms with van der Waals surface area (Å²) in [5.41, 5.74) is 8.96. The Bertz CT molecular complexity index is 2050. The van der Waals surface area contributed by atoms with Crippen LogP contribution in [0.1, 0.15) is 89.2 Å². The van der Waals surface area contributed by atoms with Gasteiger partial charge in [-0.25, -0.2) is 9.97 Å². The van der Waals surface area contributed by atoms with E-state index in [0.717, 1.165) is 84.7 Å². The Labute approximate surface area is 307 Å². The number of methoxy groups -OCH3 is 1. The second-order valence-corrected chi connectivity index (χ2v) is 14.2. The summed E-state index contributed by atoms with van der Waals surface area (Å²) in [6, 6.07) is 23.0. The SMILES string of the molecule is COc1cc(C(=O)N(C/C=C/c2cccc(/C(=C/CN3CCCC3)c3ccc(C)cc3)n2)C2CCCCC2)ccc1Cn1c(C)nc2cnccc21. The van der Waals surface area contributed by atoms with Crippen LogP contribution in [0, 0.1) is 13.8 Å². The molecule has 1 saturated carbocycles. The summed E-state index contributed by atoms with van der Waals surface area (Å²) in [7, 11) is 1.67. The standard InChI is InChI=1S/C44H50N6O2/c1-32-16-18-34(19-17-32)39(23-28-48-25-7-8-26-48)40-15-9-11-37(47-40)12-10-27-49(38-13-5-4-6-14-38)44(51)35-20-21-36(43(29-35)52-3)31-50-33(2)46-41-30-45-24-22-42(41)50/h9-12,15-24,29-30,38H,4-8,13-14,25-28,31H2,1-3H3/b12-10+,39-23+. The first-order chi connectivity index (χ1) is 25.5. The molecule has 4 heterocycles. The summed E-state index contributed by atoms with van der Waals surface area (Å²) in [6.07, 6.45) is 18.2. The van der Waals surface area contributed by atoms with Crippen molar-refractivity contribution < 1.29 is 9.53 Å². The lowest BCUT2D eigenvalue weighted by Gasteiger charge is -2.34. The molecule has 0 bridgehead atoms. The lowest BCUT2D eigenvalue weighted by Crippen LogP contribution is -2.41. The van der Waals surface area contributed by atoms with Gasteiger partial charge in [0.1, 0.15) is 17.1 Å². The van der Waals surface area contributed by atoms with Gasteiger partial charge in [-0.3, -0.25) is 14.7 Å². The van der Waals surface area contributed by atoms with Gasteiger partial charge < -0.3 is 14.2 Å². The van der Waals surface area contributed by atoms with E-state index in [1.165, 1.54) is 30.4 Å². The number of hydrogen-bond acceptors (Lipinski definition) is 6. The molecule has 2 aromatic carbocycles. The number of pyridine rings is 2. The number of fused-ring (bicyclic) bond motifs is 1. The molecule has 52 heavy (non-hydrogen) atoms. The van der Waals surface area contributed by atoms with Crippen molar-refractivity contribution in [3.63, 3.8) is 0 Å². The van der Waals surface area contributed by atoms with Crippen molar-refractivity contribution in [2.24, 2.45) is 0 Å². The van der Waals surface area contributed by atoms with Crippen LogP contribution < -0.4 is 4.74 Å². The molecule has 5 aromatic rings. The van der Waals surface area contributed by atoms with Crippen molar-refractivity contribution >= 4 is 28.6 Å². The highest BCUT2D eigenvalue weighted by Gasteiger charge is 2.26. The Kier molecular flexibility index (Phi) is 11.2. The highest BCUT2D eigenvalue weighted by molar-refractivity contribution is 5.95. The molecule has 8 heteroatoms. The molecule has 0 atom stereocenters. The first-order valence-corrected chi connectivity index (χ1v) is 18.8. The zero-order valence-corrected chi connectivity index (χ0v) is 30.8. The van der Waals surface area contributed by atoms with E-state index in [9.17, 15) is 4.79 Å². The van der Waals surface area contributed by atoms with Gasteiger partial charge in [0.05, 0.1) is 36.8 Å². The fourth-order valence-electron chi connectivity index (χ4n) is 7.71. The Balaban J connectivity index is 1.11. The van der Waals surface area contributed by atoms with Gasteiger partial charge in [0.25, 0.3) is 5.91 Å². The molecule has 3 aromatic heterocycles. The summed E-state index contributed by atoms with van der Waals surface area (Å²) in [6.45, 7) is 8.46. The van der Waals surface area contributed by atoms with E-state index < -0.39 is 0 Å². The van der Waals surface area contributed by atoms with Gasteiger partial charge >= 0.3 is 0 Å². The average Bonchev–Trinajstić information content (AvgIpc) is 3.82. The molecule has 2 aliphatic rings. The lowest BCUT2D eigenvalue weighted by molar-refractivity contribution is 0.0663. The average molecular weight is 695 g/mol. The fraction of sp³-hybridized carbons (Fsp3) is 0.364. The number of benzene rings is 2. The van der Waals surface area contributed by atoms with Crippen LogP contribution in [0.2, 0.25) is 0 Å². The van der Waals surface area contributed by atoms with E-state index in [0.29, 0.717) is 24.4 Å². The highest BCUT2D eigenvalue weighted by Crippen LogP contribution is 2.29. The maximum atomic E-state index is 14.3. The molecule has 1 aliphatic carbocycles. The summed E-state index contributed by atoms with van der Waals surface area (Å²) < 4.78 is 8.03. The number of aryl methyl sites for hydroxylation is 2. The smallest absolute Gasteiger partial charge is 0.254 e. The number of aromatic nitrogens is 4. The van der Waals surface area contributed by atoms with Gasteiger partial charge in [-0.15, -0.1) is 0 Å². The second kappa shape index (κ2) is 16.5. The maximum absolute atomic E-state index is 14.3. The van der Waals surface area contributed by atoms with Crippen LogP contribution >= 0.6 is 0 Å². The van der Waals surface area contributed by atoms with Crippen LogP contribution in [0.15, 0.2) is 91.3 Å². The third-order valence-electron chi connectivity index (χ3n) is 10.6. The molecule has 0 N–H and O–H groups in total. The Morgan fingerprint density at radius 1 is 0.923 bits per heavy atom. The predicted octanol–water partition coefficient (Wildman–Crippen LogP) is 8.52. The highest BCUT2D eigenvalue weighted by atomic mass is 16.5. The lowest BCUT2D eigenvalue weighted by atomic mass is 9.93. The minimum absolute atomic E-state index is 0.0324. The minimum Gasteiger partial charge on any atom is -0.496 e. The first-order valence-electron chi connectivity index (χ1n) is 18.8. The third-order valence-corrected chi connectivity index (χ3v) is 10.6. The largest absolute Gasteiger partial charge is 0.496 e. The van der Waals surface area contributed by atoms with Crippen molar-refractivity contribution in [2.45, 2.75) is 71.4 Å². The number of amides is 1. The van der Waals surface area contributed by atoms with Gasteiger partial charge in [0.15, 0.2) is 0 Å². The molecular formula is C44H50N6O2. The molecule has 1 aliphatic heterocycles. The first kappa shape index (κ1) is 35.3. The third kappa shape index (κ3) is 8.18. The van der Waals surface area contributed by atoms with Crippen molar-refractivity contribution in [3.05, 3.63) is 131 Å². The van der Waals surface area contributed by atoms with E-state index in [1.54, 1.807) is 19.5 Å². The molecule has 2 fully saturated rings. The van der Waals surface area contributed by atoms with Crippen LogP contribution in [0.5, 0.6) is 5.75 Å². The zero-order chi connectivity index (χ0) is 35.9. The molecule has 0 radical (unpaired) electrons. The Morgan fingerprint density at radius 3 is 2.50 bits per heavy atom. The molecule has 0 unspecified atom stereocenters. The van der Waals surface area contributed by atoms with Gasteiger partial charge in [0.2, 0.25) is 0 Å². The van der Waals surface area contributed by atoms with E-state index in [-0.39, 0.29) is 11.9 Å². The van der Waals surface area contributed by atoms with Crippen molar-refractivity contribution in [2.75, 3.05) is 33.3 Å². The fourth-order valence-corrected chi connectivity index (χ4v) is 7.71. The van der Waals surface area contributed by atoms with Crippen LogP contribution in [0.3, 0.4) is 0 Å². The van der Waals surface area contributed by atoms with Crippen LogP contribution in [0.25, 0.3) is 22.7 Å². The van der Waals surface area contributed by atoms with Crippen molar-refractivity contribution in [1.29, 1.82) is 0 Å². The number of carbonyl (C=O) groups excluding carboxylic acids is 1. The quantitative estimate of drug-likeness (QED) is 0.130. The Hall–Kier alpha value is -5.08. The predicted molar refractivity (Wildman–Crippen MR) is 209 cm³/mol.